The average molecular weight is 317 g/mol. The van der Waals surface area contributed by atoms with Gasteiger partial charge in [-0.1, -0.05) is 41.9 Å². The maximum Gasteiger partial charge on any atom is 0.148 e. The van der Waals surface area contributed by atoms with Crippen LogP contribution in [0.1, 0.15) is 10.6 Å². The molecule has 1 N–H and O–H groups in total. The Morgan fingerprint density at radius 2 is 2.05 bits per heavy atom. The van der Waals surface area contributed by atoms with Crippen LogP contribution in [0.5, 0.6) is 0 Å². The van der Waals surface area contributed by atoms with E-state index in [1.54, 1.807) is 17.5 Å². The molecule has 0 bridgehead atoms. The third-order valence-electron chi connectivity index (χ3n) is 3.00. The summed E-state index contributed by atoms with van der Waals surface area (Å²) in [5.41, 5.74) is 2.16. The van der Waals surface area contributed by atoms with E-state index in [0.717, 1.165) is 16.3 Å². The van der Waals surface area contributed by atoms with Crippen molar-refractivity contribution in [1.82, 2.24) is 15.0 Å². The van der Waals surface area contributed by atoms with E-state index in [1.807, 2.05) is 25.1 Å². The molecule has 0 spiro atoms. The lowest BCUT2D eigenvalue weighted by Gasteiger charge is -2.05. The van der Waals surface area contributed by atoms with Gasteiger partial charge in [-0.15, -0.1) is 11.3 Å². The number of anilines is 1. The molecule has 1 aromatic carbocycles. The van der Waals surface area contributed by atoms with E-state index in [2.05, 4.69) is 32.4 Å². The fourth-order valence-electron chi connectivity index (χ4n) is 1.90. The van der Waals surface area contributed by atoms with Crippen LogP contribution in [-0.2, 0) is 6.54 Å². The third-order valence-corrected chi connectivity index (χ3v) is 4.48. The van der Waals surface area contributed by atoms with Gasteiger partial charge < -0.3 is 5.32 Å². The van der Waals surface area contributed by atoms with Crippen LogP contribution in [0.2, 0.25) is 5.02 Å². The molecule has 106 valence electrons. The van der Waals surface area contributed by atoms with Gasteiger partial charge in [-0.3, -0.25) is 0 Å². The maximum atomic E-state index is 6.03. The van der Waals surface area contributed by atoms with Crippen molar-refractivity contribution in [3.63, 3.8) is 0 Å². The van der Waals surface area contributed by atoms with Crippen LogP contribution in [0.15, 0.2) is 42.9 Å². The smallest absolute Gasteiger partial charge is 0.148 e. The van der Waals surface area contributed by atoms with Gasteiger partial charge in [0.2, 0.25) is 0 Å². The van der Waals surface area contributed by atoms with Gasteiger partial charge in [0.25, 0.3) is 0 Å². The number of benzene rings is 1. The van der Waals surface area contributed by atoms with Crippen LogP contribution in [0.25, 0.3) is 10.6 Å². The zero-order chi connectivity index (χ0) is 14.7. The maximum absolute atomic E-state index is 6.03. The summed E-state index contributed by atoms with van der Waals surface area (Å²) in [4.78, 5) is 13.8. The first-order valence-corrected chi connectivity index (χ1v) is 7.64. The Balaban J connectivity index is 1.78. The number of hydrogen-bond donors (Lipinski definition) is 1. The monoisotopic (exact) mass is 316 g/mol. The first kappa shape index (κ1) is 14.0. The van der Waals surface area contributed by atoms with Gasteiger partial charge in [-0.25, -0.2) is 15.0 Å². The fraction of sp³-hybridized carbons (Fsp3) is 0.133. The predicted octanol–water partition coefficient (Wildman–Crippen LogP) is 4.17. The van der Waals surface area contributed by atoms with Gasteiger partial charge in [0, 0.05) is 10.4 Å². The van der Waals surface area contributed by atoms with E-state index in [1.165, 1.54) is 11.2 Å². The number of nitrogens with zero attached hydrogens (tertiary/aromatic N) is 3. The Morgan fingerprint density at radius 1 is 1.24 bits per heavy atom. The molecule has 0 saturated carbocycles. The molecule has 2 aromatic heterocycles. The Labute approximate surface area is 131 Å². The molecule has 2 heterocycles. The third kappa shape index (κ3) is 3.20. The lowest BCUT2D eigenvalue weighted by molar-refractivity contribution is 1.07. The summed E-state index contributed by atoms with van der Waals surface area (Å²) in [6.45, 7) is 2.66. The molecule has 0 atom stereocenters. The van der Waals surface area contributed by atoms with Crippen molar-refractivity contribution in [3.05, 3.63) is 58.4 Å². The van der Waals surface area contributed by atoms with Crippen molar-refractivity contribution >= 4 is 28.8 Å². The van der Waals surface area contributed by atoms with Crippen LogP contribution in [0.3, 0.4) is 0 Å². The SMILES string of the molecule is Cc1nc(-c2ccccc2)sc1CNc1ncncc1Cl. The van der Waals surface area contributed by atoms with Crippen molar-refractivity contribution in [2.75, 3.05) is 5.32 Å². The molecule has 0 saturated heterocycles. The zero-order valence-corrected chi connectivity index (χ0v) is 12.9. The molecule has 21 heavy (non-hydrogen) atoms. The zero-order valence-electron chi connectivity index (χ0n) is 11.4. The van der Waals surface area contributed by atoms with Crippen molar-refractivity contribution in [3.8, 4) is 10.6 Å². The highest BCUT2D eigenvalue weighted by atomic mass is 35.5. The summed E-state index contributed by atoms with van der Waals surface area (Å²) in [6, 6.07) is 10.2. The standard InChI is InChI=1S/C15H13ClN4S/c1-10-13(8-18-14-12(16)7-17-9-19-14)21-15(20-10)11-5-3-2-4-6-11/h2-7,9H,8H2,1H3,(H,17,18,19). The Morgan fingerprint density at radius 3 is 2.81 bits per heavy atom. The second-order valence-corrected chi connectivity index (χ2v) is 5.96. The van der Waals surface area contributed by atoms with Crippen LogP contribution in [0, 0.1) is 6.92 Å². The molecule has 6 heteroatoms. The molecule has 0 aliphatic carbocycles. The predicted molar refractivity (Wildman–Crippen MR) is 86.7 cm³/mol. The highest BCUT2D eigenvalue weighted by Crippen LogP contribution is 2.28. The number of hydrogen-bond acceptors (Lipinski definition) is 5. The fourth-order valence-corrected chi connectivity index (χ4v) is 3.08. The molecule has 0 aliphatic heterocycles. The largest absolute Gasteiger partial charge is 0.364 e. The molecule has 3 aromatic rings. The topological polar surface area (TPSA) is 50.7 Å². The Kier molecular flexibility index (Phi) is 4.13. The summed E-state index contributed by atoms with van der Waals surface area (Å²) < 4.78 is 0. The van der Waals surface area contributed by atoms with Gasteiger partial charge in [0.05, 0.1) is 18.4 Å². The lowest BCUT2D eigenvalue weighted by Crippen LogP contribution is -2.01. The van der Waals surface area contributed by atoms with Crippen molar-refractivity contribution < 1.29 is 0 Å². The molecular formula is C15H13ClN4S. The minimum absolute atomic E-state index is 0.517. The van der Waals surface area contributed by atoms with E-state index in [4.69, 9.17) is 11.6 Å². The summed E-state index contributed by atoms with van der Waals surface area (Å²) in [5.74, 6) is 0.640. The van der Waals surface area contributed by atoms with E-state index in [0.29, 0.717) is 17.4 Å². The van der Waals surface area contributed by atoms with Crippen molar-refractivity contribution in [2.24, 2.45) is 0 Å². The van der Waals surface area contributed by atoms with Crippen LogP contribution in [0.4, 0.5) is 5.82 Å². The summed E-state index contributed by atoms with van der Waals surface area (Å²) in [5, 5.41) is 4.77. The lowest BCUT2D eigenvalue weighted by atomic mass is 10.2. The molecule has 0 radical (unpaired) electrons. The number of rotatable bonds is 4. The first-order valence-electron chi connectivity index (χ1n) is 6.45. The molecule has 3 rings (SSSR count). The Hall–Kier alpha value is -1.98. The number of aryl methyl sites for hydroxylation is 1. The van der Waals surface area contributed by atoms with E-state index in [-0.39, 0.29) is 0 Å². The Bertz CT molecular complexity index is 742. The van der Waals surface area contributed by atoms with E-state index >= 15 is 0 Å². The minimum atomic E-state index is 0.517. The quantitative estimate of drug-likeness (QED) is 0.784. The molecule has 4 nitrogen and oxygen atoms in total. The van der Waals surface area contributed by atoms with Gasteiger partial charge >= 0.3 is 0 Å². The molecule has 0 aliphatic rings. The van der Waals surface area contributed by atoms with Gasteiger partial charge in [0.15, 0.2) is 0 Å². The highest BCUT2D eigenvalue weighted by Gasteiger charge is 2.10. The number of halogens is 1. The molecule has 0 fully saturated rings. The van der Waals surface area contributed by atoms with E-state index < -0.39 is 0 Å². The van der Waals surface area contributed by atoms with Gasteiger partial charge in [0.1, 0.15) is 22.2 Å². The molecule has 0 unspecified atom stereocenters. The van der Waals surface area contributed by atoms with Crippen molar-refractivity contribution in [2.45, 2.75) is 13.5 Å². The number of aromatic nitrogens is 3. The summed E-state index contributed by atoms with van der Waals surface area (Å²) in [7, 11) is 0. The van der Waals surface area contributed by atoms with Crippen molar-refractivity contribution in [1.29, 1.82) is 0 Å². The van der Waals surface area contributed by atoms with Gasteiger partial charge in [-0.2, -0.15) is 0 Å². The normalized spacial score (nSPS) is 10.6. The number of nitrogens with one attached hydrogen (secondary N) is 1. The molecular weight excluding hydrogens is 304 g/mol. The minimum Gasteiger partial charge on any atom is -0.364 e. The number of thiazole rings is 1. The van der Waals surface area contributed by atoms with E-state index in [9.17, 15) is 0 Å². The summed E-state index contributed by atoms with van der Waals surface area (Å²) in [6.07, 6.45) is 3.05. The van der Waals surface area contributed by atoms with Gasteiger partial charge in [-0.05, 0) is 6.92 Å². The molecule has 0 amide bonds. The second kappa shape index (κ2) is 6.20. The second-order valence-electron chi connectivity index (χ2n) is 4.47. The van der Waals surface area contributed by atoms with Crippen LogP contribution in [-0.4, -0.2) is 15.0 Å². The average Bonchev–Trinajstić information content (AvgIpc) is 2.89. The van der Waals surface area contributed by atoms with Crippen LogP contribution < -0.4 is 5.32 Å². The first-order chi connectivity index (χ1) is 10.2. The van der Waals surface area contributed by atoms with Crippen LogP contribution >= 0.6 is 22.9 Å². The summed E-state index contributed by atoms with van der Waals surface area (Å²) >= 11 is 7.71. The highest BCUT2D eigenvalue weighted by molar-refractivity contribution is 7.15.